The first-order chi connectivity index (χ1) is 12.9. The summed E-state index contributed by atoms with van der Waals surface area (Å²) in [6.45, 7) is 7.05. The Hall–Kier alpha value is -1.79. The molecule has 0 saturated carbocycles. The largest absolute Gasteiger partial charge is 0.497 e. The molecule has 2 heterocycles. The third-order valence-electron chi connectivity index (χ3n) is 6.32. The lowest BCUT2D eigenvalue weighted by Crippen LogP contribution is -2.59. The van der Waals surface area contributed by atoms with E-state index in [-0.39, 0.29) is 17.6 Å². The first-order valence-corrected chi connectivity index (χ1v) is 10.0. The Labute approximate surface area is 163 Å². The van der Waals surface area contributed by atoms with Gasteiger partial charge < -0.3 is 19.9 Å². The van der Waals surface area contributed by atoms with Crippen molar-refractivity contribution in [1.82, 2.24) is 20.0 Å². The monoisotopic (exact) mass is 374 g/mol. The van der Waals surface area contributed by atoms with Crippen LogP contribution in [0.2, 0.25) is 0 Å². The van der Waals surface area contributed by atoms with Crippen molar-refractivity contribution in [2.45, 2.75) is 37.8 Å². The van der Waals surface area contributed by atoms with Gasteiger partial charge in [0, 0.05) is 25.2 Å². The number of amides is 2. The van der Waals surface area contributed by atoms with E-state index in [2.05, 4.69) is 29.2 Å². The predicted octanol–water partition coefficient (Wildman–Crippen LogP) is 2.57. The van der Waals surface area contributed by atoms with Gasteiger partial charge in [-0.05, 0) is 71.1 Å². The highest BCUT2D eigenvalue weighted by atomic mass is 16.5. The van der Waals surface area contributed by atoms with Crippen LogP contribution in [0.1, 0.15) is 37.8 Å². The van der Waals surface area contributed by atoms with Gasteiger partial charge in [-0.3, -0.25) is 4.90 Å². The minimum Gasteiger partial charge on any atom is -0.497 e. The fourth-order valence-electron chi connectivity index (χ4n) is 4.45. The molecular weight excluding hydrogens is 340 g/mol. The third-order valence-corrected chi connectivity index (χ3v) is 6.32. The van der Waals surface area contributed by atoms with E-state index < -0.39 is 0 Å². The van der Waals surface area contributed by atoms with Crippen LogP contribution < -0.4 is 10.1 Å². The van der Waals surface area contributed by atoms with E-state index in [0.29, 0.717) is 0 Å². The third kappa shape index (κ3) is 4.55. The van der Waals surface area contributed by atoms with E-state index in [9.17, 15) is 4.79 Å². The molecule has 150 valence electrons. The lowest BCUT2D eigenvalue weighted by Gasteiger charge is -2.47. The molecule has 2 saturated heterocycles. The number of nitrogens with one attached hydrogen (secondary N) is 1. The molecule has 1 N–H and O–H groups in total. The molecule has 6 nitrogen and oxygen atoms in total. The smallest absolute Gasteiger partial charge is 0.317 e. The fourth-order valence-corrected chi connectivity index (χ4v) is 4.45. The van der Waals surface area contributed by atoms with Crippen molar-refractivity contribution in [2.75, 3.05) is 53.9 Å². The average Bonchev–Trinajstić information content (AvgIpc) is 2.80. The van der Waals surface area contributed by atoms with Crippen LogP contribution in [0.3, 0.4) is 0 Å². The minimum absolute atomic E-state index is 0.0322. The summed E-state index contributed by atoms with van der Waals surface area (Å²) in [5.41, 5.74) is 1.27. The number of urea groups is 1. The van der Waals surface area contributed by atoms with Crippen LogP contribution in [-0.2, 0) is 0 Å². The molecule has 3 rings (SSSR count). The van der Waals surface area contributed by atoms with Crippen molar-refractivity contribution in [2.24, 2.45) is 0 Å². The van der Waals surface area contributed by atoms with E-state index in [4.69, 9.17) is 4.74 Å². The van der Waals surface area contributed by atoms with Gasteiger partial charge in [0.05, 0.1) is 13.2 Å². The predicted molar refractivity (Wildman–Crippen MR) is 108 cm³/mol. The summed E-state index contributed by atoms with van der Waals surface area (Å²) in [5.74, 6) is 0.814. The number of rotatable bonds is 3. The number of nitrogens with zero attached hydrogens (tertiary/aromatic N) is 3. The molecule has 27 heavy (non-hydrogen) atoms. The van der Waals surface area contributed by atoms with E-state index in [1.807, 2.05) is 36.1 Å². The van der Waals surface area contributed by atoms with E-state index >= 15 is 0 Å². The van der Waals surface area contributed by atoms with Crippen LogP contribution in [0.25, 0.3) is 0 Å². The van der Waals surface area contributed by atoms with E-state index in [0.717, 1.165) is 56.9 Å². The maximum absolute atomic E-state index is 12.8. The van der Waals surface area contributed by atoms with Crippen molar-refractivity contribution in [1.29, 1.82) is 0 Å². The Morgan fingerprint density at radius 2 is 1.93 bits per heavy atom. The molecule has 1 aromatic rings. The van der Waals surface area contributed by atoms with Gasteiger partial charge in [-0.1, -0.05) is 12.1 Å². The Kier molecular flexibility index (Phi) is 6.27. The summed E-state index contributed by atoms with van der Waals surface area (Å²) in [4.78, 5) is 19.7. The summed E-state index contributed by atoms with van der Waals surface area (Å²) < 4.78 is 5.29. The van der Waals surface area contributed by atoms with Crippen LogP contribution in [-0.4, -0.2) is 80.2 Å². The summed E-state index contributed by atoms with van der Waals surface area (Å²) >= 11 is 0. The van der Waals surface area contributed by atoms with Gasteiger partial charge in [0.2, 0.25) is 0 Å². The summed E-state index contributed by atoms with van der Waals surface area (Å²) in [5, 5.41) is 3.15. The van der Waals surface area contributed by atoms with Crippen LogP contribution in [0, 0.1) is 0 Å². The number of methoxy groups -OCH3 is 1. The average molecular weight is 375 g/mol. The standard InChI is InChI=1S/C21H34N4O2/c1-17(18-7-5-8-19(15-18)27-4)22-20(26)25-13-9-21(10-14-25)16-23(2)11-6-12-24(21)3/h5,7-8,15,17H,6,9-14,16H2,1-4H3,(H,22,26)/t17-/m0/s1. The van der Waals surface area contributed by atoms with Crippen LogP contribution >= 0.6 is 0 Å². The van der Waals surface area contributed by atoms with Crippen molar-refractivity contribution >= 4 is 6.03 Å². The van der Waals surface area contributed by atoms with Crippen molar-refractivity contribution in [3.05, 3.63) is 29.8 Å². The number of hydrogen-bond acceptors (Lipinski definition) is 4. The highest BCUT2D eigenvalue weighted by Gasteiger charge is 2.41. The molecule has 0 aromatic heterocycles. The molecule has 2 aliphatic heterocycles. The van der Waals surface area contributed by atoms with Crippen LogP contribution in [0.15, 0.2) is 24.3 Å². The van der Waals surface area contributed by atoms with Gasteiger partial charge in [-0.25, -0.2) is 4.79 Å². The van der Waals surface area contributed by atoms with Gasteiger partial charge in [-0.15, -0.1) is 0 Å². The zero-order valence-electron chi connectivity index (χ0n) is 17.2. The highest BCUT2D eigenvalue weighted by Crippen LogP contribution is 2.31. The van der Waals surface area contributed by atoms with E-state index in [1.165, 1.54) is 6.42 Å². The molecule has 1 spiro atoms. The van der Waals surface area contributed by atoms with Gasteiger partial charge >= 0.3 is 6.03 Å². The van der Waals surface area contributed by atoms with Gasteiger partial charge in [0.25, 0.3) is 0 Å². The second kappa shape index (κ2) is 8.48. The molecule has 0 unspecified atom stereocenters. The van der Waals surface area contributed by atoms with Crippen molar-refractivity contribution in [3.63, 3.8) is 0 Å². The number of ether oxygens (including phenoxy) is 1. The van der Waals surface area contributed by atoms with E-state index in [1.54, 1.807) is 7.11 Å². The number of carbonyl (C=O) groups is 1. The molecule has 0 aliphatic carbocycles. The normalized spacial score (nSPS) is 22.3. The maximum atomic E-state index is 12.8. The van der Waals surface area contributed by atoms with Crippen molar-refractivity contribution < 1.29 is 9.53 Å². The Bertz CT molecular complexity index is 643. The van der Waals surface area contributed by atoms with Crippen LogP contribution in [0.5, 0.6) is 5.75 Å². The van der Waals surface area contributed by atoms with Gasteiger partial charge in [-0.2, -0.15) is 0 Å². The maximum Gasteiger partial charge on any atom is 0.317 e. The number of benzene rings is 1. The Balaban J connectivity index is 1.58. The second-order valence-corrected chi connectivity index (χ2v) is 8.17. The fraction of sp³-hybridized carbons (Fsp3) is 0.667. The summed E-state index contributed by atoms with van der Waals surface area (Å²) in [6, 6.07) is 7.86. The summed E-state index contributed by atoms with van der Waals surface area (Å²) in [7, 11) is 6.13. The number of carbonyl (C=O) groups excluding carboxylic acids is 1. The summed E-state index contributed by atoms with van der Waals surface area (Å²) in [6.07, 6.45) is 3.29. The lowest BCUT2D eigenvalue weighted by molar-refractivity contribution is 0.0420. The first-order valence-electron chi connectivity index (χ1n) is 10.0. The molecule has 1 atom stereocenters. The lowest BCUT2D eigenvalue weighted by atomic mass is 9.85. The molecule has 1 aromatic carbocycles. The SMILES string of the molecule is COc1cccc([C@H](C)NC(=O)N2CCC3(CC2)CN(C)CCCN3C)c1. The first kappa shape index (κ1) is 20.0. The molecule has 2 amide bonds. The zero-order valence-corrected chi connectivity index (χ0v) is 17.2. The Morgan fingerprint density at radius 1 is 1.19 bits per heavy atom. The molecular formula is C21H34N4O2. The topological polar surface area (TPSA) is 48.1 Å². The Morgan fingerprint density at radius 3 is 2.63 bits per heavy atom. The van der Waals surface area contributed by atoms with Crippen molar-refractivity contribution in [3.8, 4) is 5.75 Å². The molecule has 0 radical (unpaired) electrons. The number of piperidine rings is 1. The number of likely N-dealkylation sites (tertiary alicyclic amines) is 1. The number of likely N-dealkylation sites (N-methyl/N-ethyl adjacent to an activating group) is 2. The molecule has 0 bridgehead atoms. The van der Waals surface area contributed by atoms with Gasteiger partial charge in [0.1, 0.15) is 5.75 Å². The molecule has 2 fully saturated rings. The number of hydrogen-bond donors (Lipinski definition) is 1. The second-order valence-electron chi connectivity index (χ2n) is 8.17. The van der Waals surface area contributed by atoms with Gasteiger partial charge in [0.15, 0.2) is 0 Å². The highest BCUT2D eigenvalue weighted by molar-refractivity contribution is 5.74. The quantitative estimate of drug-likeness (QED) is 0.883. The minimum atomic E-state index is -0.0461. The zero-order chi connectivity index (χ0) is 19.4. The van der Waals surface area contributed by atoms with Crippen LogP contribution in [0.4, 0.5) is 4.79 Å². The molecule has 2 aliphatic rings. The molecule has 6 heteroatoms.